The van der Waals surface area contributed by atoms with Crippen molar-refractivity contribution >= 4 is 23.0 Å². The lowest BCUT2D eigenvalue weighted by Gasteiger charge is -2.36. The largest absolute Gasteiger partial charge is 0.368 e. The molecule has 4 aromatic rings. The fourth-order valence-electron chi connectivity index (χ4n) is 4.43. The summed E-state index contributed by atoms with van der Waals surface area (Å²) in [7, 11) is 0. The minimum Gasteiger partial charge on any atom is -0.368 e. The van der Waals surface area contributed by atoms with Gasteiger partial charge < -0.3 is 9.80 Å². The van der Waals surface area contributed by atoms with Gasteiger partial charge in [-0.2, -0.15) is 0 Å². The lowest BCUT2D eigenvalue weighted by molar-refractivity contribution is -0.131. The molecule has 5 rings (SSSR count). The molecular formula is C26H25FN6O3. The molecule has 0 radical (unpaired) electrons. The van der Waals surface area contributed by atoms with Crippen molar-refractivity contribution in [1.82, 2.24) is 24.1 Å². The molecule has 0 spiro atoms. The zero-order valence-corrected chi connectivity index (χ0v) is 19.8. The van der Waals surface area contributed by atoms with Crippen molar-refractivity contribution in [1.29, 1.82) is 0 Å². The second-order valence-corrected chi connectivity index (χ2v) is 8.73. The number of carbonyl (C=O) groups is 2. The minimum atomic E-state index is -0.438. The summed E-state index contributed by atoms with van der Waals surface area (Å²) < 4.78 is 16.5. The molecule has 3 heterocycles. The highest BCUT2D eigenvalue weighted by Gasteiger charge is 2.22. The van der Waals surface area contributed by atoms with Gasteiger partial charge in [0.15, 0.2) is 5.78 Å². The van der Waals surface area contributed by atoms with Gasteiger partial charge in [-0.05, 0) is 49.4 Å². The molecule has 2 aromatic carbocycles. The molecule has 1 aliphatic heterocycles. The third-order valence-electron chi connectivity index (χ3n) is 6.46. The fraction of sp³-hybridized carbons (Fsp3) is 0.269. The standard InChI is InChI=1S/C26H25FN6O3/c1-18(34)19-5-7-21(8-6-19)30-11-13-31(14-12-30)24(35)10-9-23-28-29-25-26(36)32(15-16-33(23)25)22-4-2-3-20(27)17-22/h2-8,15-17H,9-14H2,1H3. The smallest absolute Gasteiger partial charge is 0.300 e. The number of aryl methyl sites for hydroxylation is 1. The van der Waals surface area contributed by atoms with E-state index in [1.165, 1.54) is 22.8 Å². The minimum absolute atomic E-state index is 0.0198. The number of ketones is 1. The second kappa shape index (κ2) is 9.73. The van der Waals surface area contributed by atoms with Crippen LogP contribution < -0.4 is 10.5 Å². The van der Waals surface area contributed by atoms with Crippen molar-refractivity contribution in [2.75, 3.05) is 31.1 Å². The Labute approximate surface area is 206 Å². The highest BCUT2D eigenvalue weighted by Crippen LogP contribution is 2.18. The van der Waals surface area contributed by atoms with Crippen LogP contribution in [0, 0.1) is 5.82 Å². The maximum absolute atomic E-state index is 13.6. The number of anilines is 1. The molecular weight excluding hydrogens is 463 g/mol. The van der Waals surface area contributed by atoms with Crippen molar-refractivity contribution in [3.05, 3.63) is 88.5 Å². The van der Waals surface area contributed by atoms with Gasteiger partial charge in [0.1, 0.15) is 11.6 Å². The van der Waals surface area contributed by atoms with Gasteiger partial charge in [0.2, 0.25) is 11.6 Å². The van der Waals surface area contributed by atoms with E-state index in [2.05, 4.69) is 15.1 Å². The number of hydrogen-bond acceptors (Lipinski definition) is 6. The number of fused-ring (bicyclic) bond motifs is 1. The Morgan fingerprint density at radius 2 is 1.69 bits per heavy atom. The summed E-state index contributed by atoms with van der Waals surface area (Å²) in [5, 5.41) is 8.13. The molecule has 2 aromatic heterocycles. The molecule has 0 N–H and O–H groups in total. The van der Waals surface area contributed by atoms with Crippen LogP contribution in [0.2, 0.25) is 0 Å². The van der Waals surface area contributed by atoms with Crippen LogP contribution in [0.3, 0.4) is 0 Å². The Kier molecular flexibility index (Phi) is 6.32. The first kappa shape index (κ1) is 23.4. The second-order valence-electron chi connectivity index (χ2n) is 8.73. The third-order valence-corrected chi connectivity index (χ3v) is 6.46. The molecule has 0 atom stereocenters. The number of halogens is 1. The van der Waals surface area contributed by atoms with Gasteiger partial charge in [0.25, 0.3) is 0 Å². The van der Waals surface area contributed by atoms with Crippen LogP contribution >= 0.6 is 0 Å². The summed E-state index contributed by atoms with van der Waals surface area (Å²) in [5.74, 6) is 0.138. The average Bonchev–Trinajstić information content (AvgIpc) is 3.31. The Bertz CT molecular complexity index is 1490. The molecule has 1 saturated heterocycles. The number of benzene rings is 2. The highest BCUT2D eigenvalue weighted by atomic mass is 19.1. The van der Waals surface area contributed by atoms with Crippen LogP contribution in [0.25, 0.3) is 11.3 Å². The number of nitrogens with zero attached hydrogens (tertiary/aromatic N) is 6. The zero-order chi connectivity index (χ0) is 25.2. The van der Waals surface area contributed by atoms with E-state index >= 15 is 0 Å². The average molecular weight is 489 g/mol. The van der Waals surface area contributed by atoms with Crippen LogP contribution in [0.1, 0.15) is 29.5 Å². The van der Waals surface area contributed by atoms with E-state index in [1.54, 1.807) is 29.8 Å². The van der Waals surface area contributed by atoms with Gasteiger partial charge >= 0.3 is 5.56 Å². The Morgan fingerprint density at radius 3 is 2.39 bits per heavy atom. The molecule has 1 fully saturated rings. The number of aromatic nitrogens is 4. The van der Waals surface area contributed by atoms with Crippen LogP contribution in [-0.2, 0) is 11.2 Å². The van der Waals surface area contributed by atoms with E-state index in [0.29, 0.717) is 49.7 Å². The molecule has 0 aliphatic carbocycles. The molecule has 0 unspecified atom stereocenters. The molecule has 0 bridgehead atoms. The number of rotatable bonds is 6. The van der Waals surface area contributed by atoms with Gasteiger partial charge in [0, 0.05) is 62.7 Å². The van der Waals surface area contributed by atoms with E-state index < -0.39 is 11.4 Å². The Hall–Kier alpha value is -4.34. The van der Waals surface area contributed by atoms with Crippen LogP contribution in [0.15, 0.2) is 65.7 Å². The fourth-order valence-corrected chi connectivity index (χ4v) is 4.43. The number of carbonyl (C=O) groups excluding carboxylic acids is 2. The highest BCUT2D eigenvalue weighted by molar-refractivity contribution is 5.94. The van der Waals surface area contributed by atoms with Gasteiger partial charge in [0.05, 0.1) is 5.69 Å². The van der Waals surface area contributed by atoms with Crippen LogP contribution in [0.4, 0.5) is 10.1 Å². The molecule has 1 aliphatic rings. The number of amides is 1. The SMILES string of the molecule is CC(=O)c1ccc(N2CCN(C(=O)CCc3nnc4c(=O)n(-c5cccc(F)c5)ccn34)CC2)cc1. The lowest BCUT2D eigenvalue weighted by Crippen LogP contribution is -2.48. The molecule has 0 saturated carbocycles. The van der Waals surface area contributed by atoms with E-state index in [1.807, 2.05) is 29.2 Å². The zero-order valence-electron chi connectivity index (χ0n) is 19.8. The van der Waals surface area contributed by atoms with Gasteiger partial charge in [-0.3, -0.25) is 23.4 Å². The van der Waals surface area contributed by atoms with E-state index in [4.69, 9.17) is 0 Å². The van der Waals surface area contributed by atoms with Crippen molar-refractivity contribution in [2.24, 2.45) is 0 Å². The van der Waals surface area contributed by atoms with Crippen molar-refractivity contribution in [3.8, 4) is 5.69 Å². The first-order valence-corrected chi connectivity index (χ1v) is 11.8. The van der Waals surface area contributed by atoms with Crippen LogP contribution in [0.5, 0.6) is 0 Å². The number of hydrogen-bond donors (Lipinski definition) is 0. The Morgan fingerprint density at radius 1 is 0.944 bits per heavy atom. The third kappa shape index (κ3) is 4.61. The van der Waals surface area contributed by atoms with E-state index in [9.17, 15) is 18.8 Å². The summed E-state index contributed by atoms with van der Waals surface area (Å²) in [5.41, 5.74) is 1.82. The summed E-state index contributed by atoms with van der Waals surface area (Å²) in [4.78, 5) is 41.2. The number of Topliss-reactive ketones (excluding diaryl/α,β-unsaturated/α-hetero) is 1. The van der Waals surface area contributed by atoms with Crippen molar-refractivity contribution in [2.45, 2.75) is 19.8 Å². The lowest BCUT2D eigenvalue weighted by atomic mass is 10.1. The topological polar surface area (TPSA) is 92.8 Å². The molecule has 10 heteroatoms. The summed E-state index contributed by atoms with van der Waals surface area (Å²) in [6, 6.07) is 13.3. The Balaban J connectivity index is 1.21. The first-order valence-electron chi connectivity index (χ1n) is 11.8. The van der Waals surface area contributed by atoms with E-state index in [0.717, 1.165) is 5.69 Å². The maximum Gasteiger partial charge on any atom is 0.300 e. The first-order chi connectivity index (χ1) is 17.4. The van der Waals surface area contributed by atoms with Gasteiger partial charge in [-0.1, -0.05) is 6.07 Å². The summed E-state index contributed by atoms with van der Waals surface area (Å²) in [6.07, 6.45) is 3.79. The monoisotopic (exact) mass is 488 g/mol. The van der Waals surface area contributed by atoms with Crippen molar-refractivity contribution in [3.63, 3.8) is 0 Å². The molecule has 9 nitrogen and oxygen atoms in total. The normalized spacial score (nSPS) is 13.8. The summed E-state index contributed by atoms with van der Waals surface area (Å²) in [6.45, 7) is 4.17. The van der Waals surface area contributed by atoms with Gasteiger partial charge in [-0.15, -0.1) is 10.2 Å². The quantitative estimate of drug-likeness (QED) is 0.387. The van der Waals surface area contributed by atoms with Gasteiger partial charge in [-0.25, -0.2) is 4.39 Å². The molecule has 1 amide bonds. The van der Waals surface area contributed by atoms with Crippen molar-refractivity contribution < 1.29 is 14.0 Å². The summed E-state index contributed by atoms with van der Waals surface area (Å²) >= 11 is 0. The maximum atomic E-state index is 13.6. The molecule has 184 valence electrons. The van der Waals surface area contributed by atoms with E-state index in [-0.39, 0.29) is 23.8 Å². The van der Waals surface area contributed by atoms with Crippen LogP contribution in [-0.4, -0.2) is 61.9 Å². The predicted molar refractivity (Wildman–Crippen MR) is 132 cm³/mol. The molecule has 36 heavy (non-hydrogen) atoms. The number of piperazine rings is 1. The predicted octanol–water partition coefficient (Wildman–Crippen LogP) is 2.50.